The van der Waals surface area contributed by atoms with Gasteiger partial charge in [0, 0.05) is 40.9 Å². The number of aromatic nitrogens is 1. The van der Waals surface area contributed by atoms with Crippen LogP contribution in [0.1, 0.15) is 48.1 Å². The van der Waals surface area contributed by atoms with E-state index in [9.17, 15) is 9.90 Å². The zero-order valence-corrected chi connectivity index (χ0v) is 26.4. The highest BCUT2D eigenvalue weighted by Crippen LogP contribution is 2.77. The van der Waals surface area contributed by atoms with Crippen LogP contribution in [-0.2, 0) is 32.7 Å². The molecule has 6 aliphatic rings. The van der Waals surface area contributed by atoms with Gasteiger partial charge in [0.1, 0.15) is 11.5 Å². The van der Waals surface area contributed by atoms with Crippen molar-refractivity contribution in [3.63, 3.8) is 0 Å². The third-order valence-corrected chi connectivity index (χ3v) is 12.4. The van der Waals surface area contributed by atoms with Crippen LogP contribution in [0.15, 0.2) is 103 Å². The Morgan fingerprint density at radius 3 is 2.62 bits per heavy atom. The second-order valence-electron chi connectivity index (χ2n) is 14.4. The summed E-state index contributed by atoms with van der Waals surface area (Å²) in [6.07, 6.45) is 9.29. The molecule has 3 unspecified atom stereocenters. The largest absolute Gasteiger partial charge is 0.476 e. The van der Waals surface area contributed by atoms with Crippen LogP contribution < -0.4 is 4.74 Å². The van der Waals surface area contributed by atoms with Crippen molar-refractivity contribution in [2.24, 2.45) is 17.3 Å². The molecular weight excluding hydrogens is 588 g/mol. The van der Waals surface area contributed by atoms with Gasteiger partial charge in [-0.05, 0) is 73.5 Å². The van der Waals surface area contributed by atoms with E-state index in [0.29, 0.717) is 18.2 Å². The molecule has 4 aromatic rings. The van der Waals surface area contributed by atoms with Crippen molar-refractivity contribution < 1.29 is 24.1 Å². The van der Waals surface area contributed by atoms with Crippen molar-refractivity contribution in [2.75, 3.05) is 13.7 Å². The highest BCUT2D eigenvalue weighted by molar-refractivity contribution is 5.86. The Morgan fingerprint density at radius 1 is 1.04 bits per heavy atom. The van der Waals surface area contributed by atoms with Crippen LogP contribution in [0.3, 0.4) is 0 Å². The number of rotatable bonds is 6. The van der Waals surface area contributed by atoms with Crippen LogP contribution in [0.5, 0.6) is 5.75 Å². The first kappa shape index (κ1) is 27.8. The summed E-state index contributed by atoms with van der Waals surface area (Å²) in [5.74, 6) is 2.17. The van der Waals surface area contributed by atoms with Crippen LogP contribution >= 0.6 is 0 Å². The second kappa shape index (κ2) is 9.61. The van der Waals surface area contributed by atoms with Gasteiger partial charge in [-0.25, -0.2) is 0 Å². The lowest BCUT2D eigenvalue weighted by atomic mass is 9.40. The molecule has 0 radical (unpaired) electrons. The van der Waals surface area contributed by atoms with Gasteiger partial charge < -0.3 is 24.3 Å². The van der Waals surface area contributed by atoms with Crippen molar-refractivity contribution >= 4 is 16.9 Å². The molecule has 2 saturated carbocycles. The minimum atomic E-state index is -1.05. The van der Waals surface area contributed by atoms with E-state index >= 15 is 0 Å². The molecule has 2 bridgehead atoms. The number of ether oxygens (including phenoxy) is 3. The molecule has 7 nitrogen and oxygen atoms in total. The van der Waals surface area contributed by atoms with Gasteiger partial charge in [0.15, 0.2) is 11.4 Å². The number of nitrogens with zero attached hydrogens (tertiary/aromatic N) is 1. The van der Waals surface area contributed by atoms with Crippen LogP contribution in [0.4, 0.5) is 0 Å². The van der Waals surface area contributed by atoms with Crippen molar-refractivity contribution in [1.82, 2.24) is 9.88 Å². The average Bonchev–Trinajstić information content (AvgIpc) is 3.79. The summed E-state index contributed by atoms with van der Waals surface area (Å²) in [5.41, 5.74) is 2.35. The zero-order valence-electron chi connectivity index (χ0n) is 26.4. The third-order valence-electron chi connectivity index (χ3n) is 12.4. The number of esters is 1. The second-order valence-corrected chi connectivity index (χ2v) is 14.4. The van der Waals surface area contributed by atoms with Crippen molar-refractivity contribution in [1.29, 1.82) is 0 Å². The highest BCUT2D eigenvalue weighted by Gasteiger charge is 2.83. The minimum Gasteiger partial charge on any atom is -0.476 e. The Morgan fingerprint density at radius 2 is 1.83 bits per heavy atom. The monoisotopic (exact) mass is 626 g/mol. The summed E-state index contributed by atoms with van der Waals surface area (Å²) in [7, 11) is 1.42. The number of carbonyl (C=O) groups excluding carboxylic acids is 1. The molecule has 1 aromatic heterocycles. The van der Waals surface area contributed by atoms with Crippen LogP contribution in [-0.4, -0.2) is 52.3 Å². The van der Waals surface area contributed by atoms with E-state index in [1.54, 1.807) is 0 Å². The number of piperidine rings is 1. The molecule has 10 rings (SSSR count). The number of allylic oxidation sites excluding steroid dienone is 3. The summed E-state index contributed by atoms with van der Waals surface area (Å²) in [4.78, 5) is 18.7. The minimum absolute atomic E-state index is 0.00831. The third kappa shape index (κ3) is 3.51. The fourth-order valence-electron chi connectivity index (χ4n) is 10.5. The number of para-hydroxylation sites is 2. The molecular formula is C40H38N2O5. The summed E-state index contributed by atoms with van der Waals surface area (Å²) < 4.78 is 19.3. The first-order valence-corrected chi connectivity index (χ1v) is 17.1. The fraction of sp³-hybridized carbons (Fsp3) is 0.375. The van der Waals surface area contributed by atoms with E-state index in [-0.39, 0.29) is 30.3 Å². The lowest BCUT2D eigenvalue weighted by molar-refractivity contribution is -0.261. The number of nitrogens with one attached hydrogen (secondary N) is 1. The predicted octanol–water partition coefficient (Wildman–Crippen LogP) is 6.16. The smallest absolute Gasteiger partial charge is 0.309 e. The Hall–Kier alpha value is -4.33. The lowest BCUT2D eigenvalue weighted by Crippen LogP contribution is -2.78. The summed E-state index contributed by atoms with van der Waals surface area (Å²) in [6.45, 7) is 0.924. The van der Waals surface area contributed by atoms with Crippen molar-refractivity contribution in [3.8, 4) is 5.75 Å². The van der Waals surface area contributed by atoms with Gasteiger partial charge in [0.25, 0.3) is 0 Å². The number of likely N-dealkylation sites (tertiary alicyclic amines) is 1. The molecule has 1 spiro atoms. The van der Waals surface area contributed by atoms with Gasteiger partial charge in [-0.2, -0.15) is 0 Å². The Kier molecular flexibility index (Phi) is 5.68. The van der Waals surface area contributed by atoms with E-state index < -0.39 is 16.6 Å². The Bertz CT molecular complexity index is 1990. The predicted molar refractivity (Wildman–Crippen MR) is 176 cm³/mol. The molecule has 0 amide bonds. The van der Waals surface area contributed by atoms with E-state index in [1.807, 2.05) is 42.5 Å². The topological polar surface area (TPSA) is 84.0 Å². The Labute approximate surface area is 273 Å². The van der Waals surface area contributed by atoms with Crippen molar-refractivity contribution in [3.05, 3.63) is 125 Å². The fourth-order valence-corrected chi connectivity index (χ4v) is 10.5. The number of methoxy groups -OCH3 is 1. The molecule has 3 heterocycles. The quantitative estimate of drug-likeness (QED) is 0.250. The Balaban J connectivity index is 1.26. The van der Waals surface area contributed by atoms with E-state index in [4.69, 9.17) is 14.2 Å². The summed E-state index contributed by atoms with van der Waals surface area (Å²) >= 11 is 0. The normalized spacial score (nSPS) is 33.3. The summed E-state index contributed by atoms with van der Waals surface area (Å²) in [6, 6.07) is 27.2. The molecule has 6 atom stereocenters. The molecule has 3 aromatic carbocycles. The van der Waals surface area contributed by atoms with Gasteiger partial charge >= 0.3 is 5.97 Å². The molecule has 2 N–H and O–H groups in total. The molecule has 7 heteroatoms. The van der Waals surface area contributed by atoms with Crippen molar-refractivity contribution in [2.45, 2.75) is 61.8 Å². The van der Waals surface area contributed by atoms with E-state index in [0.717, 1.165) is 64.2 Å². The summed E-state index contributed by atoms with van der Waals surface area (Å²) in [5, 5.41) is 14.9. The van der Waals surface area contributed by atoms with Gasteiger partial charge in [-0.15, -0.1) is 0 Å². The number of hydrogen-bond acceptors (Lipinski definition) is 6. The average molecular weight is 627 g/mol. The standard InChI is InChI=1S/C40H38N2O5/c1-45-34(43)21-24-11-14-26(15-12-24)40-37-30(29-9-5-6-10-31(29)41-37)23-39(44)33-22-25-13-18-32(46-28-7-3-2-4-8-28)36(47-40)35(25)38(39,40)19-20-42(33)27-16-17-27/h2-15,18,25,27,33,35,41,44H,16-17,19-23H2,1H3/t25?,33?,35?,38-,39-,40+/m1/s1. The number of benzene rings is 3. The number of aliphatic hydroxyl groups is 1. The number of aromatic amines is 1. The number of hydrogen-bond donors (Lipinski definition) is 2. The van der Waals surface area contributed by atoms with Gasteiger partial charge in [-0.3, -0.25) is 9.69 Å². The SMILES string of the molecule is COC(=O)Cc1ccc([C@@]23OC4=C(Oc5ccccc5)C=CC5CC6N(C7CC7)CC[C@@]2(C45)[C@@]6(O)Cc2c3[nH]c3ccccc23)cc1. The van der Waals surface area contributed by atoms with E-state index in [2.05, 4.69) is 58.4 Å². The highest BCUT2D eigenvalue weighted by atomic mass is 16.5. The molecule has 2 aliphatic heterocycles. The lowest BCUT2D eigenvalue weighted by Gasteiger charge is -2.68. The van der Waals surface area contributed by atoms with Crippen LogP contribution in [0.2, 0.25) is 0 Å². The number of fused-ring (bicyclic) bond motifs is 4. The van der Waals surface area contributed by atoms with Gasteiger partial charge in [0.2, 0.25) is 0 Å². The zero-order chi connectivity index (χ0) is 31.5. The first-order chi connectivity index (χ1) is 23.0. The van der Waals surface area contributed by atoms with Gasteiger partial charge in [-0.1, -0.05) is 66.7 Å². The van der Waals surface area contributed by atoms with E-state index in [1.165, 1.54) is 20.0 Å². The van der Waals surface area contributed by atoms with Crippen LogP contribution in [0.25, 0.3) is 10.9 Å². The maximum atomic E-state index is 13.8. The molecule has 2 saturated heterocycles. The van der Waals surface area contributed by atoms with Crippen LogP contribution in [0, 0.1) is 17.3 Å². The first-order valence-electron chi connectivity index (χ1n) is 17.1. The van der Waals surface area contributed by atoms with Gasteiger partial charge in [0.05, 0.1) is 30.2 Å². The molecule has 4 aliphatic carbocycles. The molecule has 47 heavy (non-hydrogen) atoms. The maximum absolute atomic E-state index is 13.8. The maximum Gasteiger partial charge on any atom is 0.309 e. The molecule has 4 fully saturated rings. The molecule has 238 valence electrons. The number of carbonyl (C=O) groups is 1. The number of H-pyrrole nitrogens is 1.